The van der Waals surface area contributed by atoms with Crippen molar-refractivity contribution in [1.82, 2.24) is 0 Å². The molecule has 0 fully saturated rings. The largest absolute Gasteiger partial charge is 0.466 e. The predicted molar refractivity (Wildman–Crippen MR) is 14.3 cm³/mol. The minimum Gasteiger partial charge on any atom is -0.303 e. The summed E-state index contributed by atoms with van der Waals surface area (Å²) in [6, 6.07) is 0. The first-order valence-electron chi connectivity index (χ1n) is 0.783. The van der Waals surface area contributed by atoms with Crippen molar-refractivity contribution >= 4 is 7.82 Å². The summed E-state index contributed by atoms with van der Waals surface area (Å²) in [6.07, 6.45) is 0. The topological polar surface area (TPSA) is 77.8 Å². The van der Waals surface area contributed by atoms with Gasteiger partial charge >= 0.3 is 7.82 Å². The molecule has 3 N–H and O–H groups in total. The fourth-order valence-corrected chi connectivity index (χ4v) is 0. The van der Waals surface area contributed by atoms with Crippen LogP contribution in [0, 0.1) is 0 Å². The zero-order chi connectivity index (χ0) is 4.50. The predicted octanol–water partition coefficient (Wildman–Crippen LogP) is -0.934. The second kappa shape index (κ2) is 5.58. The molecule has 0 bridgehead atoms. The van der Waals surface area contributed by atoms with Crippen LogP contribution in [0.1, 0.15) is 0 Å². The van der Waals surface area contributed by atoms with Crippen molar-refractivity contribution in [2.24, 2.45) is 0 Å². The SMILES string of the molecule is O=P(O)(O)O.[Ti].[Zn]. The van der Waals surface area contributed by atoms with Crippen LogP contribution in [0.3, 0.4) is 0 Å². The quantitative estimate of drug-likeness (QED) is 0.357. The molecule has 0 heterocycles. The minimum atomic E-state index is -4.64. The van der Waals surface area contributed by atoms with Gasteiger partial charge in [-0.3, -0.25) is 0 Å². The molecule has 0 unspecified atom stereocenters. The molecule has 0 saturated heterocycles. The molecule has 0 spiro atoms. The van der Waals surface area contributed by atoms with Gasteiger partial charge in [0.1, 0.15) is 0 Å². The van der Waals surface area contributed by atoms with Gasteiger partial charge in [0.2, 0.25) is 0 Å². The normalized spacial score (nSPS) is 8.43. The Morgan fingerprint density at radius 1 is 1.14 bits per heavy atom. The second-order valence-corrected chi connectivity index (χ2v) is 1.54. The standard InChI is InChI=1S/H3O4P.Ti.Zn/c1-5(2,3)4;;/h(H3,1,2,3,4);;. The third kappa shape index (κ3) is 105. The van der Waals surface area contributed by atoms with Gasteiger partial charge in [-0.05, 0) is 0 Å². The average Bonchev–Trinajstić information content (AvgIpc) is 0.722. The molecular formula is H3O4PTiZn. The van der Waals surface area contributed by atoms with Gasteiger partial charge < -0.3 is 14.7 Å². The molecule has 4 nitrogen and oxygen atoms in total. The molecule has 0 aliphatic rings. The molecule has 0 aromatic heterocycles. The smallest absolute Gasteiger partial charge is 0.303 e. The summed E-state index contributed by atoms with van der Waals surface area (Å²) in [5.41, 5.74) is 0. The second-order valence-electron chi connectivity index (χ2n) is 0.513. The van der Waals surface area contributed by atoms with Gasteiger partial charge in [-0.25, -0.2) is 4.57 Å². The third-order valence-electron chi connectivity index (χ3n) is 0. The summed E-state index contributed by atoms with van der Waals surface area (Å²) in [7, 11) is -4.64. The van der Waals surface area contributed by atoms with Crippen LogP contribution in [-0.4, -0.2) is 14.7 Å². The summed E-state index contributed by atoms with van der Waals surface area (Å²) in [5, 5.41) is 0. The van der Waals surface area contributed by atoms with E-state index in [9.17, 15) is 0 Å². The van der Waals surface area contributed by atoms with Crippen LogP contribution in [0.2, 0.25) is 0 Å². The van der Waals surface area contributed by atoms with Gasteiger partial charge in [0.05, 0.1) is 0 Å². The first kappa shape index (κ1) is 15.8. The molecule has 38 valence electrons. The molecular weight excluding hydrogens is 208 g/mol. The van der Waals surface area contributed by atoms with E-state index in [0.29, 0.717) is 0 Å². The molecule has 7 heteroatoms. The maximum absolute atomic E-state index is 8.88. The monoisotopic (exact) mass is 210 g/mol. The Morgan fingerprint density at radius 3 is 1.14 bits per heavy atom. The first-order valence-corrected chi connectivity index (χ1v) is 2.35. The Bertz CT molecular complexity index is 57.8. The fraction of sp³-hybridized carbons (Fsp3) is 0. The molecule has 0 aromatic rings. The van der Waals surface area contributed by atoms with Gasteiger partial charge in [0, 0.05) is 41.2 Å². The van der Waals surface area contributed by atoms with Crippen LogP contribution in [0.15, 0.2) is 0 Å². The molecule has 0 atom stereocenters. The maximum Gasteiger partial charge on any atom is 0.466 e. The van der Waals surface area contributed by atoms with Crippen molar-refractivity contribution in [1.29, 1.82) is 0 Å². The van der Waals surface area contributed by atoms with Gasteiger partial charge in [-0.1, -0.05) is 0 Å². The van der Waals surface area contributed by atoms with E-state index in [1.807, 2.05) is 0 Å². The maximum atomic E-state index is 8.88. The van der Waals surface area contributed by atoms with Gasteiger partial charge in [0.15, 0.2) is 0 Å². The van der Waals surface area contributed by atoms with E-state index in [1.54, 1.807) is 0 Å². The van der Waals surface area contributed by atoms with Gasteiger partial charge in [-0.15, -0.1) is 0 Å². The Labute approximate surface area is 68.2 Å². The van der Waals surface area contributed by atoms with Crippen molar-refractivity contribution < 1.29 is 60.4 Å². The van der Waals surface area contributed by atoms with E-state index in [4.69, 9.17) is 19.2 Å². The molecule has 7 heavy (non-hydrogen) atoms. The zero-order valence-corrected chi connectivity index (χ0v) is 8.83. The van der Waals surface area contributed by atoms with Crippen LogP contribution in [-0.2, 0) is 45.8 Å². The van der Waals surface area contributed by atoms with Crippen molar-refractivity contribution in [2.75, 3.05) is 0 Å². The van der Waals surface area contributed by atoms with Crippen molar-refractivity contribution in [3.8, 4) is 0 Å². The van der Waals surface area contributed by atoms with Crippen LogP contribution in [0.5, 0.6) is 0 Å². The molecule has 0 amide bonds. The number of hydrogen-bond acceptors (Lipinski definition) is 1. The number of rotatable bonds is 0. The van der Waals surface area contributed by atoms with E-state index in [0.717, 1.165) is 0 Å². The van der Waals surface area contributed by atoms with E-state index >= 15 is 0 Å². The molecule has 0 aliphatic carbocycles. The number of phosphoric acid groups is 1. The Morgan fingerprint density at radius 2 is 1.14 bits per heavy atom. The summed E-state index contributed by atoms with van der Waals surface area (Å²) < 4.78 is 8.88. The fourth-order valence-electron chi connectivity index (χ4n) is 0. The Kier molecular flexibility index (Phi) is 12.6. The minimum absolute atomic E-state index is 0. The zero-order valence-electron chi connectivity index (χ0n) is 3.40. The Hall–Kier alpha value is 1.45. The third-order valence-corrected chi connectivity index (χ3v) is 0. The summed E-state index contributed by atoms with van der Waals surface area (Å²) in [6.45, 7) is 0. The van der Waals surface area contributed by atoms with Gasteiger partial charge in [-0.2, -0.15) is 0 Å². The van der Waals surface area contributed by atoms with E-state index < -0.39 is 7.82 Å². The molecule has 0 saturated carbocycles. The Balaban J connectivity index is -0.0000000800. The van der Waals surface area contributed by atoms with Crippen molar-refractivity contribution in [3.63, 3.8) is 0 Å². The molecule has 0 aromatic carbocycles. The molecule has 0 rings (SSSR count). The van der Waals surface area contributed by atoms with Gasteiger partial charge in [0.25, 0.3) is 0 Å². The summed E-state index contributed by atoms with van der Waals surface area (Å²) >= 11 is 0. The molecule has 0 aliphatic heterocycles. The van der Waals surface area contributed by atoms with E-state index in [-0.39, 0.29) is 41.2 Å². The summed E-state index contributed by atoms with van der Waals surface area (Å²) in [5.74, 6) is 0. The first-order chi connectivity index (χ1) is 2.00. The van der Waals surface area contributed by atoms with Crippen LogP contribution < -0.4 is 0 Å². The molecule has 0 radical (unpaired) electrons. The average molecular weight is 211 g/mol. The van der Waals surface area contributed by atoms with Crippen LogP contribution in [0.4, 0.5) is 0 Å². The number of hydrogen-bond donors (Lipinski definition) is 3. The van der Waals surface area contributed by atoms with E-state index in [1.165, 1.54) is 0 Å². The van der Waals surface area contributed by atoms with E-state index in [2.05, 4.69) is 0 Å². The van der Waals surface area contributed by atoms with Crippen LogP contribution >= 0.6 is 7.82 Å². The van der Waals surface area contributed by atoms with Crippen molar-refractivity contribution in [2.45, 2.75) is 0 Å². The summed E-state index contributed by atoms with van der Waals surface area (Å²) in [4.78, 5) is 21.6. The van der Waals surface area contributed by atoms with Crippen molar-refractivity contribution in [3.05, 3.63) is 0 Å². The van der Waals surface area contributed by atoms with Crippen LogP contribution in [0.25, 0.3) is 0 Å².